The van der Waals surface area contributed by atoms with Gasteiger partial charge in [0, 0.05) is 12.0 Å². The van der Waals surface area contributed by atoms with Crippen molar-refractivity contribution >= 4 is 0 Å². The second kappa shape index (κ2) is 13.1. The van der Waals surface area contributed by atoms with Crippen molar-refractivity contribution in [1.82, 2.24) is 0 Å². The molecule has 1 radical (unpaired) electrons. The summed E-state index contributed by atoms with van der Waals surface area (Å²) in [4.78, 5) is 0. The van der Waals surface area contributed by atoms with Crippen LogP contribution >= 0.6 is 0 Å². The predicted molar refractivity (Wildman–Crippen MR) is 105 cm³/mol. The fourth-order valence-corrected chi connectivity index (χ4v) is 2.76. The average molecular weight is 328 g/mol. The Labute approximate surface area is 149 Å². The molecular formula is C23H35O. The van der Waals surface area contributed by atoms with E-state index in [2.05, 4.69) is 56.4 Å². The second-order valence-electron chi connectivity index (χ2n) is 6.93. The number of hydrogen-bond donors (Lipinski definition) is 1. The van der Waals surface area contributed by atoms with Crippen LogP contribution in [0.5, 0.6) is 0 Å². The molecule has 2 atom stereocenters. The summed E-state index contributed by atoms with van der Waals surface area (Å²) in [5.41, 5.74) is 2.51. The van der Waals surface area contributed by atoms with Crippen LogP contribution in [-0.4, -0.2) is 11.2 Å². The number of hydrogen-bond acceptors (Lipinski definition) is 1. The highest BCUT2D eigenvalue weighted by Crippen LogP contribution is 2.22. The first-order valence-electron chi connectivity index (χ1n) is 9.72. The lowest BCUT2D eigenvalue weighted by molar-refractivity contribution is 0.182. The maximum Gasteiger partial charge on any atom is 0.0512 e. The lowest BCUT2D eigenvalue weighted by Crippen LogP contribution is -1.97. The maximum absolute atomic E-state index is 9.22. The highest BCUT2D eigenvalue weighted by atomic mass is 16.3. The van der Waals surface area contributed by atoms with Crippen LogP contribution in [0.1, 0.15) is 95.6 Å². The lowest BCUT2D eigenvalue weighted by atomic mass is 9.94. The zero-order valence-electron chi connectivity index (χ0n) is 15.9. The molecule has 1 nitrogen and oxygen atoms in total. The molecule has 0 fully saturated rings. The number of benzene rings is 1. The molecule has 0 heterocycles. The molecule has 24 heavy (non-hydrogen) atoms. The molecule has 0 aliphatic carbocycles. The lowest BCUT2D eigenvalue weighted by Gasteiger charge is -2.11. The van der Waals surface area contributed by atoms with Gasteiger partial charge in [-0.25, -0.2) is 0 Å². The minimum Gasteiger partial charge on any atom is -0.393 e. The van der Waals surface area contributed by atoms with Gasteiger partial charge in [-0.05, 0) is 62.6 Å². The highest BCUT2D eigenvalue weighted by Gasteiger charge is 2.05. The molecule has 1 rings (SSSR count). The van der Waals surface area contributed by atoms with Crippen molar-refractivity contribution in [3.05, 3.63) is 41.8 Å². The van der Waals surface area contributed by atoms with Crippen molar-refractivity contribution in [3.63, 3.8) is 0 Å². The first-order chi connectivity index (χ1) is 11.6. The summed E-state index contributed by atoms with van der Waals surface area (Å²) in [6, 6.07) is 8.72. The van der Waals surface area contributed by atoms with Crippen LogP contribution in [0.3, 0.4) is 0 Å². The van der Waals surface area contributed by atoms with Crippen LogP contribution in [0.15, 0.2) is 24.3 Å². The van der Waals surface area contributed by atoms with Gasteiger partial charge in [0.15, 0.2) is 0 Å². The van der Waals surface area contributed by atoms with Crippen LogP contribution < -0.4 is 0 Å². The van der Waals surface area contributed by atoms with Gasteiger partial charge in [0.25, 0.3) is 0 Å². The number of aliphatic hydroxyl groups excluding tert-OH is 1. The van der Waals surface area contributed by atoms with Crippen molar-refractivity contribution in [2.75, 3.05) is 0 Å². The Morgan fingerprint density at radius 2 is 1.75 bits per heavy atom. The smallest absolute Gasteiger partial charge is 0.0512 e. The summed E-state index contributed by atoms with van der Waals surface area (Å²) in [6.07, 6.45) is 12.6. The molecular weight excluding hydrogens is 292 g/mol. The topological polar surface area (TPSA) is 20.2 Å². The molecule has 1 heteroatoms. The zero-order chi connectivity index (χ0) is 17.6. The van der Waals surface area contributed by atoms with Crippen LogP contribution in [0, 0.1) is 18.3 Å². The van der Waals surface area contributed by atoms with Crippen molar-refractivity contribution < 1.29 is 5.11 Å². The molecule has 133 valence electrons. The van der Waals surface area contributed by atoms with Crippen molar-refractivity contribution in [1.29, 1.82) is 0 Å². The molecule has 1 N–H and O–H groups in total. The van der Waals surface area contributed by atoms with E-state index in [0.29, 0.717) is 5.92 Å². The summed E-state index contributed by atoms with van der Waals surface area (Å²) in [6.45, 7) is 6.40. The minimum atomic E-state index is -0.212. The molecule has 2 unspecified atom stereocenters. The predicted octanol–water partition coefficient (Wildman–Crippen LogP) is 6.26. The van der Waals surface area contributed by atoms with Crippen molar-refractivity contribution in [2.45, 2.75) is 90.6 Å². The number of unbranched alkanes of at least 4 members (excludes halogenated alkanes) is 6. The third-order valence-corrected chi connectivity index (χ3v) is 4.45. The van der Waals surface area contributed by atoms with Gasteiger partial charge in [0.2, 0.25) is 0 Å². The normalized spacial score (nSPS) is 13.2. The monoisotopic (exact) mass is 327 g/mol. The molecule has 0 aliphatic heterocycles. The van der Waals surface area contributed by atoms with Crippen LogP contribution in [0.25, 0.3) is 0 Å². The van der Waals surface area contributed by atoms with Gasteiger partial charge in [0.1, 0.15) is 0 Å². The number of aliphatic hydroxyl groups is 1. The van der Waals surface area contributed by atoms with Gasteiger partial charge < -0.3 is 5.11 Å². The Kier molecular flexibility index (Phi) is 11.3. The molecule has 0 saturated heterocycles. The first kappa shape index (κ1) is 20.8. The molecule has 0 aliphatic rings. The van der Waals surface area contributed by atoms with Gasteiger partial charge in [-0.3, -0.25) is 0 Å². The van der Waals surface area contributed by atoms with Gasteiger partial charge in [0.05, 0.1) is 6.10 Å². The van der Waals surface area contributed by atoms with E-state index in [0.717, 1.165) is 24.8 Å². The highest BCUT2D eigenvalue weighted by molar-refractivity contribution is 5.36. The van der Waals surface area contributed by atoms with E-state index in [1.54, 1.807) is 0 Å². The van der Waals surface area contributed by atoms with Gasteiger partial charge in [-0.1, -0.05) is 63.5 Å². The third-order valence-electron chi connectivity index (χ3n) is 4.45. The Morgan fingerprint density at radius 1 is 1.00 bits per heavy atom. The van der Waals surface area contributed by atoms with E-state index >= 15 is 0 Å². The molecule has 0 spiro atoms. The zero-order valence-corrected chi connectivity index (χ0v) is 15.9. The summed E-state index contributed by atoms with van der Waals surface area (Å²) >= 11 is 0. The Bertz CT molecular complexity index is 475. The minimum absolute atomic E-state index is 0.212. The first-order valence-corrected chi connectivity index (χ1v) is 9.72. The standard InChI is InChI=1S/C23H35O/c1-4-5-6-7-8-10-13-20(2)23-18-16-22(17-19-23)15-12-9-11-14-21(3)24/h8,16-21,24H,4-7,9-11,13-14H2,1-3H3. The van der Waals surface area contributed by atoms with E-state index in [1.807, 2.05) is 6.92 Å². The molecule has 0 saturated carbocycles. The maximum atomic E-state index is 9.22. The Hall–Kier alpha value is -1.26. The largest absolute Gasteiger partial charge is 0.393 e. The van der Waals surface area contributed by atoms with Crippen molar-refractivity contribution in [3.8, 4) is 11.8 Å². The summed E-state index contributed by atoms with van der Waals surface area (Å²) in [7, 11) is 0. The van der Waals surface area contributed by atoms with E-state index in [-0.39, 0.29) is 6.10 Å². The average Bonchev–Trinajstić information content (AvgIpc) is 2.58. The van der Waals surface area contributed by atoms with Crippen LogP contribution in [0.4, 0.5) is 0 Å². The quantitative estimate of drug-likeness (QED) is 0.376. The van der Waals surface area contributed by atoms with Crippen molar-refractivity contribution in [2.24, 2.45) is 0 Å². The van der Waals surface area contributed by atoms with E-state index in [9.17, 15) is 5.11 Å². The number of rotatable bonds is 11. The van der Waals surface area contributed by atoms with Gasteiger partial charge in [-0.2, -0.15) is 0 Å². The SMILES string of the molecule is CCCCC[CH]CCC(C)c1ccc(C#CCCCC(C)O)cc1. The summed E-state index contributed by atoms with van der Waals surface area (Å²) in [5.74, 6) is 7.03. The van der Waals surface area contributed by atoms with Gasteiger partial charge in [-0.15, -0.1) is 0 Å². The van der Waals surface area contributed by atoms with E-state index in [4.69, 9.17) is 0 Å². The second-order valence-corrected chi connectivity index (χ2v) is 6.93. The van der Waals surface area contributed by atoms with Gasteiger partial charge >= 0.3 is 0 Å². The fourth-order valence-electron chi connectivity index (χ4n) is 2.76. The van der Waals surface area contributed by atoms with Crippen LogP contribution in [0.2, 0.25) is 0 Å². The Balaban J connectivity index is 2.29. The van der Waals surface area contributed by atoms with E-state index < -0.39 is 0 Å². The molecule has 0 aromatic heterocycles. The molecule has 0 amide bonds. The molecule has 1 aromatic carbocycles. The Morgan fingerprint density at radius 3 is 2.42 bits per heavy atom. The summed E-state index contributed by atoms with van der Waals surface area (Å²) in [5, 5.41) is 9.22. The molecule has 1 aromatic rings. The third kappa shape index (κ3) is 9.78. The van der Waals surface area contributed by atoms with E-state index in [1.165, 1.54) is 44.1 Å². The molecule has 0 bridgehead atoms. The fraction of sp³-hybridized carbons (Fsp3) is 0.609. The van der Waals surface area contributed by atoms with Crippen LogP contribution in [-0.2, 0) is 0 Å². The summed E-state index contributed by atoms with van der Waals surface area (Å²) < 4.78 is 0.